The average molecular weight is 245 g/mol. The number of hydrogen-bond acceptors (Lipinski definition) is 4. The molecule has 0 spiro atoms. The normalized spacial score (nSPS) is 8.93. The number of nitrogens with one attached hydrogen (secondary N) is 1. The molecule has 0 saturated carbocycles. The number of thiocarbonyl (C=S) groups is 2. The lowest BCUT2D eigenvalue weighted by atomic mass is 10.6. The van der Waals surface area contributed by atoms with E-state index in [-0.39, 0.29) is 0 Å². The third-order valence-electron chi connectivity index (χ3n) is 1.39. The second-order valence-corrected chi connectivity index (χ2v) is 3.39. The van der Waals surface area contributed by atoms with Gasteiger partial charge in [-0.15, -0.1) is 13.2 Å². The van der Waals surface area contributed by atoms with E-state index in [2.05, 4.69) is 18.5 Å². The Kier molecular flexibility index (Phi) is 6.80. The highest BCUT2D eigenvalue weighted by molar-refractivity contribution is 7.81. The molecule has 0 bridgehead atoms. The van der Waals surface area contributed by atoms with Crippen molar-refractivity contribution in [2.75, 3.05) is 13.1 Å². The first-order valence-corrected chi connectivity index (χ1v) is 4.95. The lowest BCUT2D eigenvalue weighted by Crippen LogP contribution is -2.52. The van der Waals surface area contributed by atoms with Crippen molar-refractivity contribution in [3.8, 4) is 0 Å². The summed E-state index contributed by atoms with van der Waals surface area (Å²) in [6.07, 6.45) is 3.25. The summed E-state index contributed by atoms with van der Waals surface area (Å²) in [4.78, 5) is 0. The van der Waals surface area contributed by atoms with E-state index in [4.69, 9.17) is 36.1 Å². The van der Waals surface area contributed by atoms with Crippen LogP contribution in [0.2, 0.25) is 0 Å². The van der Waals surface area contributed by atoms with Crippen molar-refractivity contribution in [2.45, 2.75) is 0 Å². The second-order valence-electron chi connectivity index (χ2n) is 2.62. The molecule has 0 unspecified atom stereocenters. The van der Waals surface area contributed by atoms with Gasteiger partial charge in [-0.1, -0.05) is 12.2 Å². The van der Waals surface area contributed by atoms with Crippen LogP contribution < -0.4 is 17.0 Å². The zero-order valence-electron chi connectivity index (χ0n) is 8.35. The maximum absolute atomic E-state index is 5.57. The molecule has 5 N–H and O–H groups in total. The molecule has 0 aromatic heterocycles. The topological polar surface area (TPSA) is 70.5 Å². The molecule has 0 heterocycles. The fourth-order valence-corrected chi connectivity index (χ4v) is 1.09. The molecule has 0 amide bonds. The molecule has 7 heteroatoms. The van der Waals surface area contributed by atoms with Gasteiger partial charge in [-0.2, -0.15) is 0 Å². The molecule has 0 aromatic rings. The Labute approximate surface area is 100 Å². The van der Waals surface area contributed by atoms with Crippen LogP contribution in [-0.4, -0.2) is 33.3 Å². The quantitative estimate of drug-likeness (QED) is 0.276. The van der Waals surface area contributed by atoms with Gasteiger partial charge < -0.3 is 5.32 Å². The second kappa shape index (κ2) is 7.30. The van der Waals surface area contributed by atoms with Crippen LogP contribution >= 0.6 is 24.4 Å². The number of nitrogens with two attached hydrogens (primary N) is 2. The number of rotatable bonds is 4. The third-order valence-corrected chi connectivity index (χ3v) is 2.06. The molecule has 0 aliphatic carbocycles. The molecule has 15 heavy (non-hydrogen) atoms. The van der Waals surface area contributed by atoms with E-state index in [0.29, 0.717) is 23.3 Å². The van der Waals surface area contributed by atoms with Gasteiger partial charge in [0, 0.05) is 0 Å². The average Bonchev–Trinajstić information content (AvgIpc) is 2.18. The van der Waals surface area contributed by atoms with Gasteiger partial charge in [0.25, 0.3) is 0 Å². The fraction of sp³-hybridized carbons (Fsp3) is 0.250. The van der Waals surface area contributed by atoms with Crippen LogP contribution in [0.15, 0.2) is 25.3 Å². The third kappa shape index (κ3) is 5.43. The Bertz CT molecular complexity index is 240. The minimum atomic E-state index is 0.291. The largest absolute Gasteiger partial charge is 0.307 e. The van der Waals surface area contributed by atoms with E-state index in [1.54, 1.807) is 12.2 Å². The lowest BCUT2D eigenvalue weighted by molar-refractivity contribution is 0.465. The Hall–Kier alpha value is -1.02. The zero-order chi connectivity index (χ0) is 11.8. The van der Waals surface area contributed by atoms with Crippen LogP contribution in [0.5, 0.6) is 0 Å². The summed E-state index contributed by atoms with van der Waals surface area (Å²) in [5, 5.41) is 5.90. The van der Waals surface area contributed by atoms with E-state index in [9.17, 15) is 0 Å². The number of hydrogen-bond donors (Lipinski definition) is 3. The molecule has 5 nitrogen and oxygen atoms in total. The van der Waals surface area contributed by atoms with Gasteiger partial charge in [0.1, 0.15) is 0 Å². The summed E-state index contributed by atoms with van der Waals surface area (Å²) >= 11 is 9.94. The van der Waals surface area contributed by atoms with Crippen molar-refractivity contribution in [1.82, 2.24) is 15.3 Å². The Morgan fingerprint density at radius 2 is 1.40 bits per heavy atom. The lowest BCUT2D eigenvalue weighted by Gasteiger charge is -2.23. The molecule has 0 saturated heterocycles. The van der Waals surface area contributed by atoms with Crippen molar-refractivity contribution >= 4 is 34.7 Å². The molecular weight excluding hydrogens is 230 g/mol. The van der Waals surface area contributed by atoms with E-state index < -0.39 is 0 Å². The van der Waals surface area contributed by atoms with E-state index in [0.717, 1.165) is 0 Å². The molecule has 0 atom stereocenters. The maximum atomic E-state index is 5.57. The van der Waals surface area contributed by atoms with Crippen LogP contribution in [0.25, 0.3) is 0 Å². The number of nitrogens with zero attached hydrogens (tertiary/aromatic N) is 2. The summed E-state index contributed by atoms with van der Waals surface area (Å²) in [6.45, 7) is 7.93. The van der Waals surface area contributed by atoms with Crippen LogP contribution in [0.4, 0.5) is 0 Å². The van der Waals surface area contributed by atoms with Gasteiger partial charge in [0.05, 0.1) is 13.1 Å². The summed E-state index contributed by atoms with van der Waals surface area (Å²) in [5.41, 5.74) is 0. The van der Waals surface area contributed by atoms with Gasteiger partial charge in [0.15, 0.2) is 10.2 Å². The minimum absolute atomic E-state index is 0.291. The van der Waals surface area contributed by atoms with E-state index >= 15 is 0 Å². The Balaban J connectivity index is 4.10. The molecule has 0 aromatic carbocycles. The Morgan fingerprint density at radius 3 is 1.67 bits per heavy atom. The first-order valence-electron chi connectivity index (χ1n) is 4.14. The number of hydrazine groups is 2. The van der Waals surface area contributed by atoms with Gasteiger partial charge in [0.2, 0.25) is 0 Å². The van der Waals surface area contributed by atoms with Crippen LogP contribution in [-0.2, 0) is 0 Å². The molecule has 0 aliphatic rings. The maximum Gasteiger partial charge on any atom is 0.189 e. The van der Waals surface area contributed by atoms with Crippen molar-refractivity contribution in [1.29, 1.82) is 0 Å². The highest BCUT2D eigenvalue weighted by Crippen LogP contribution is 1.86. The van der Waals surface area contributed by atoms with Gasteiger partial charge in [-0.3, -0.25) is 10.0 Å². The zero-order valence-corrected chi connectivity index (χ0v) is 9.98. The molecule has 84 valence electrons. The predicted octanol–water partition coefficient (Wildman–Crippen LogP) is -0.131. The monoisotopic (exact) mass is 245 g/mol. The summed E-state index contributed by atoms with van der Waals surface area (Å²) in [6, 6.07) is 0. The smallest absolute Gasteiger partial charge is 0.189 e. The van der Waals surface area contributed by atoms with Crippen LogP contribution in [0.3, 0.4) is 0 Å². The van der Waals surface area contributed by atoms with Crippen molar-refractivity contribution < 1.29 is 0 Å². The van der Waals surface area contributed by atoms with E-state index in [1.807, 2.05) is 0 Å². The molecule has 0 fully saturated rings. The SMILES string of the molecule is C=CCN(N)C(=S)NC(=S)N(N)CC=C. The fourth-order valence-electron chi connectivity index (χ4n) is 0.679. The first kappa shape index (κ1) is 14.0. The van der Waals surface area contributed by atoms with Gasteiger partial charge in [-0.05, 0) is 24.4 Å². The van der Waals surface area contributed by atoms with Crippen molar-refractivity contribution in [3.05, 3.63) is 25.3 Å². The molecule has 0 rings (SSSR count). The van der Waals surface area contributed by atoms with Crippen LogP contribution in [0.1, 0.15) is 0 Å². The van der Waals surface area contributed by atoms with Crippen molar-refractivity contribution in [2.24, 2.45) is 11.7 Å². The highest BCUT2D eigenvalue weighted by Gasteiger charge is 2.08. The molecule has 0 aliphatic heterocycles. The van der Waals surface area contributed by atoms with Crippen LogP contribution in [0, 0.1) is 0 Å². The minimum Gasteiger partial charge on any atom is -0.307 e. The predicted molar refractivity (Wildman–Crippen MR) is 70.5 cm³/mol. The van der Waals surface area contributed by atoms with Crippen molar-refractivity contribution in [3.63, 3.8) is 0 Å². The van der Waals surface area contributed by atoms with E-state index in [1.165, 1.54) is 10.0 Å². The molecule has 0 radical (unpaired) electrons. The summed E-state index contributed by atoms with van der Waals surface area (Å²) < 4.78 is 0. The summed E-state index contributed by atoms with van der Waals surface area (Å²) in [5.74, 6) is 11.1. The van der Waals surface area contributed by atoms with Gasteiger partial charge in [-0.25, -0.2) is 11.7 Å². The standard InChI is InChI=1S/C8H15N5S2/c1-3-5-12(9)7(14)11-8(15)13(10)6-4-2/h3-4H,1-2,5-6,9-10H2,(H,11,14,15). The van der Waals surface area contributed by atoms with Gasteiger partial charge >= 0.3 is 0 Å². The molecular formula is C8H15N5S2. The first-order chi connectivity index (χ1) is 7.02. The highest BCUT2D eigenvalue weighted by atomic mass is 32.1. The Morgan fingerprint density at radius 1 is 1.07 bits per heavy atom. The summed E-state index contributed by atoms with van der Waals surface area (Å²) in [7, 11) is 0.